The number of rotatable bonds is 11. The predicted octanol–water partition coefficient (Wildman–Crippen LogP) is 32.0. The van der Waals surface area contributed by atoms with E-state index in [-0.39, 0.29) is 0 Å². The summed E-state index contributed by atoms with van der Waals surface area (Å²) in [6, 6.07) is 175. The van der Waals surface area contributed by atoms with Crippen LogP contribution in [0.2, 0.25) is 0 Å². The smallest absolute Gasteiger partial charge is 0.0619 e. The van der Waals surface area contributed by atoms with Gasteiger partial charge in [0.25, 0.3) is 0 Å². The maximum atomic E-state index is 2.49. The second-order valence-corrected chi connectivity index (χ2v) is 32.5. The van der Waals surface area contributed by atoms with Crippen LogP contribution in [-0.2, 0) is 0 Å². The van der Waals surface area contributed by atoms with Crippen LogP contribution >= 0.6 is 0 Å². The number of para-hydroxylation sites is 15. The van der Waals surface area contributed by atoms with Crippen LogP contribution in [0.15, 0.2) is 485 Å². The maximum Gasteiger partial charge on any atom is 0.0619 e. The molecule has 0 spiro atoms. The maximum absolute atomic E-state index is 2.49. The Bertz CT molecular complexity index is 8090. The first-order chi connectivity index (χ1) is 62.6. The molecule has 26 rings (SSSR count). The summed E-state index contributed by atoms with van der Waals surface area (Å²) in [5.41, 5.74) is 33.5. The van der Waals surface area contributed by atoms with Gasteiger partial charge in [0.15, 0.2) is 0 Å². The molecule has 590 valence electrons. The predicted molar refractivity (Wildman–Crippen MR) is 533 cm³/mol. The molecule has 0 unspecified atom stereocenters. The average molecular weight is 1610 g/mol. The van der Waals surface area contributed by atoms with Gasteiger partial charge in [-0.2, -0.15) is 0 Å². The zero-order valence-electron chi connectivity index (χ0n) is 68.9. The first-order valence-electron chi connectivity index (χ1n) is 43.3. The van der Waals surface area contributed by atoms with Crippen LogP contribution in [0.5, 0.6) is 0 Å². The quantitative estimate of drug-likeness (QED) is 0.124. The molecule has 0 fully saturated rings. The molecule has 0 saturated heterocycles. The molecule has 126 heavy (non-hydrogen) atoms. The Balaban J connectivity index is 0.000000107. The van der Waals surface area contributed by atoms with Crippen LogP contribution in [0.3, 0.4) is 0 Å². The van der Waals surface area contributed by atoms with E-state index in [9.17, 15) is 0 Å². The Morgan fingerprint density at radius 3 is 0.651 bits per heavy atom. The fraction of sp³-hybridized carbons (Fsp3) is 0. The van der Waals surface area contributed by atoms with Gasteiger partial charge in [-0.05, 0) is 131 Å². The largest absolute Gasteiger partial charge is 0.309 e. The molecule has 6 heteroatoms. The van der Waals surface area contributed by atoms with E-state index in [4.69, 9.17) is 0 Å². The Labute approximate surface area is 728 Å². The highest BCUT2D eigenvalue weighted by Gasteiger charge is 2.27. The highest BCUT2D eigenvalue weighted by Crippen LogP contribution is 2.49. The third-order valence-corrected chi connectivity index (χ3v) is 25.6. The molecule has 0 saturated carbocycles. The standard InChI is InChI=1S/C48H32N2.2C36H24N2/c1-3-17-33(18-4-1)35-25-15-27-41(47(35)49-43-29-11-7-21-37(43)38-22-8-12-30-44(38)49)42-28-16-26-36(34-19-5-2-6-20-34)48(42)50-45-31-13-9-23-39(45)40-24-10-14-32-46(40)50;1-7-19-31-25(13-1)26-14-2-8-20-32(26)37(31)35-23-11-5-17-29(35)30-18-6-12-24-36(30)38-33-21-9-3-15-27(33)28-16-4-10-22-34(28)38;1-2-10-25(11-3-1)26-18-20-27(21-19-26)37-35-17-9-6-14-31(35)32-24-28(22-23-36(32)37)38-33-15-7-4-12-29(33)30-13-5-8-16-34(30)38/h1-32H;2*1-24H. The summed E-state index contributed by atoms with van der Waals surface area (Å²) < 4.78 is 14.6. The van der Waals surface area contributed by atoms with Gasteiger partial charge in [-0.1, -0.05) is 376 Å². The van der Waals surface area contributed by atoms with Crippen LogP contribution in [0.25, 0.3) is 221 Å². The molecule has 0 aliphatic carbocycles. The van der Waals surface area contributed by atoms with Crippen molar-refractivity contribution >= 4 is 131 Å². The number of hydrogen-bond acceptors (Lipinski definition) is 0. The van der Waals surface area contributed by atoms with Gasteiger partial charge in [-0.25, -0.2) is 0 Å². The molecule has 6 heterocycles. The van der Waals surface area contributed by atoms with E-state index in [0.717, 1.165) is 0 Å². The minimum Gasteiger partial charge on any atom is -0.309 e. The summed E-state index contributed by atoms with van der Waals surface area (Å²) in [5.74, 6) is 0. The monoisotopic (exact) mass is 1600 g/mol. The van der Waals surface area contributed by atoms with Gasteiger partial charge in [0.1, 0.15) is 0 Å². The van der Waals surface area contributed by atoms with E-state index in [1.807, 2.05) is 0 Å². The van der Waals surface area contributed by atoms with E-state index >= 15 is 0 Å². The van der Waals surface area contributed by atoms with Crippen molar-refractivity contribution in [3.8, 4) is 89.8 Å². The summed E-state index contributed by atoms with van der Waals surface area (Å²) in [6.07, 6.45) is 0. The molecule has 26 aromatic rings. The third-order valence-electron chi connectivity index (χ3n) is 25.6. The number of aromatic nitrogens is 6. The Morgan fingerprint density at radius 2 is 0.325 bits per heavy atom. The highest BCUT2D eigenvalue weighted by atomic mass is 15.0. The van der Waals surface area contributed by atoms with Crippen molar-refractivity contribution in [3.63, 3.8) is 0 Å². The fourth-order valence-electron chi connectivity index (χ4n) is 20.2. The molecule has 0 bridgehead atoms. The van der Waals surface area contributed by atoms with Crippen molar-refractivity contribution in [2.45, 2.75) is 0 Å². The first kappa shape index (κ1) is 73.1. The molecule has 0 aliphatic heterocycles. The van der Waals surface area contributed by atoms with Gasteiger partial charge >= 0.3 is 0 Å². The number of nitrogens with zero attached hydrogens (tertiary/aromatic N) is 6. The lowest BCUT2D eigenvalue weighted by Gasteiger charge is -2.23. The highest BCUT2D eigenvalue weighted by molar-refractivity contribution is 6.17. The van der Waals surface area contributed by atoms with Gasteiger partial charge in [0.05, 0.1) is 88.9 Å². The summed E-state index contributed by atoms with van der Waals surface area (Å²) in [4.78, 5) is 0. The van der Waals surface area contributed by atoms with Crippen LogP contribution in [0.1, 0.15) is 0 Å². The third kappa shape index (κ3) is 12.0. The van der Waals surface area contributed by atoms with Gasteiger partial charge in [0, 0.05) is 109 Å². The Hall–Kier alpha value is -16.8. The van der Waals surface area contributed by atoms with Gasteiger partial charge < -0.3 is 27.4 Å². The Kier molecular flexibility index (Phi) is 17.8. The topological polar surface area (TPSA) is 29.6 Å². The molecular weight excluding hydrogens is 1530 g/mol. The molecule has 0 atom stereocenters. The normalized spacial score (nSPS) is 11.7. The summed E-state index contributed by atoms with van der Waals surface area (Å²) in [5, 5.41) is 15.2. The number of benzene rings is 20. The minimum atomic E-state index is 1.17. The zero-order chi connectivity index (χ0) is 83.1. The Morgan fingerprint density at radius 1 is 0.111 bits per heavy atom. The molecule has 0 N–H and O–H groups in total. The number of fused-ring (bicyclic) bond motifs is 18. The van der Waals surface area contributed by atoms with E-state index in [0.29, 0.717) is 0 Å². The second-order valence-electron chi connectivity index (χ2n) is 32.5. The van der Waals surface area contributed by atoms with E-state index in [1.165, 1.54) is 221 Å². The van der Waals surface area contributed by atoms with Crippen molar-refractivity contribution in [2.24, 2.45) is 0 Å². The van der Waals surface area contributed by atoms with Gasteiger partial charge in [-0.3, -0.25) is 0 Å². The van der Waals surface area contributed by atoms with Crippen molar-refractivity contribution in [1.29, 1.82) is 0 Å². The lowest BCUT2D eigenvalue weighted by atomic mass is 9.91. The fourth-order valence-corrected chi connectivity index (χ4v) is 20.2. The zero-order valence-corrected chi connectivity index (χ0v) is 68.9. The molecule has 0 amide bonds. The van der Waals surface area contributed by atoms with Crippen LogP contribution < -0.4 is 0 Å². The number of hydrogen-bond donors (Lipinski definition) is 0. The molecule has 0 radical (unpaired) electrons. The first-order valence-corrected chi connectivity index (χ1v) is 43.3. The molecule has 0 aliphatic rings. The van der Waals surface area contributed by atoms with Crippen molar-refractivity contribution in [1.82, 2.24) is 27.4 Å². The second kappa shape index (κ2) is 30.7. The summed E-state index contributed by atoms with van der Waals surface area (Å²) >= 11 is 0. The van der Waals surface area contributed by atoms with E-state index in [2.05, 4.69) is 513 Å². The van der Waals surface area contributed by atoms with Crippen molar-refractivity contribution in [3.05, 3.63) is 485 Å². The average Bonchev–Trinajstić information content (AvgIpc) is 1.52. The van der Waals surface area contributed by atoms with Gasteiger partial charge in [-0.15, -0.1) is 0 Å². The van der Waals surface area contributed by atoms with Crippen LogP contribution in [-0.4, -0.2) is 27.4 Å². The molecule has 6 aromatic heterocycles. The van der Waals surface area contributed by atoms with Gasteiger partial charge in [0.2, 0.25) is 0 Å². The molecule has 6 nitrogen and oxygen atoms in total. The SMILES string of the molecule is c1ccc(-c2ccc(-n3c4ccccc4c4cc(-n5c6ccccc6c6ccccc65)ccc43)cc2)cc1.c1ccc(-c2cccc(-c3cccc(-c4ccccc4)c3-n3c4ccccc4c4ccccc43)c2-n2c3ccccc3c3ccccc32)cc1.c1ccc(-n2c3ccccc3c3ccccc32)c(-c2ccccc2-n2c3ccccc3c3ccccc32)c1. The van der Waals surface area contributed by atoms with E-state index in [1.54, 1.807) is 0 Å². The van der Waals surface area contributed by atoms with Crippen molar-refractivity contribution < 1.29 is 0 Å². The van der Waals surface area contributed by atoms with Crippen LogP contribution in [0, 0.1) is 0 Å². The molecule has 20 aromatic carbocycles. The minimum absolute atomic E-state index is 1.17. The molecular formula is C120H80N6. The lowest BCUT2D eigenvalue weighted by Crippen LogP contribution is -2.04. The van der Waals surface area contributed by atoms with Crippen LogP contribution in [0.4, 0.5) is 0 Å². The van der Waals surface area contributed by atoms with E-state index < -0.39 is 0 Å². The summed E-state index contributed by atoms with van der Waals surface area (Å²) in [6.45, 7) is 0. The summed E-state index contributed by atoms with van der Waals surface area (Å²) in [7, 11) is 0. The lowest BCUT2D eigenvalue weighted by molar-refractivity contribution is 1.16. The van der Waals surface area contributed by atoms with Crippen molar-refractivity contribution in [2.75, 3.05) is 0 Å².